The van der Waals surface area contributed by atoms with Crippen LogP contribution in [0.2, 0.25) is 0 Å². The van der Waals surface area contributed by atoms with Crippen LogP contribution < -0.4 is 0 Å². The topological polar surface area (TPSA) is 65.6 Å². The average Bonchev–Trinajstić information content (AvgIpc) is 3.05. The smallest absolute Gasteiger partial charge is 0.311 e. The third kappa shape index (κ3) is 2.27. The number of hydrogen-bond donors (Lipinski definition) is 2. The fourth-order valence-electron chi connectivity index (χ4n) is 5.31. The molecule has 5 nitrogen and oxygen atoms in total. The Kier molecular flexibility index (Phi) is 3.69. The van der Waals surface area contributed by atoms with Gasteiger partial charge >= 0.3 is 5.97 Å². The molecule has 1 saturated heterocycles. The van der Waals surface area contributed by atoms with Crippen LogP contribution in [0.3, 0.4) is 0 Å². The van der Waals surface area contributed by atoms with Crippen LogP contribution in [-0.4, -0.2) is 47.3 Å². The van der Waals surface area contributed by atoms with Crippen LogP contribution in [0.5, 0.6) is 0 Å². The number of piperidine rings is 1. The zero-order chi connectivity index (χ0) is 17.8. The molecule has 1 aliphatic carbocycles. The molecule has 3 heterocycles. The van der Waals surface area contributed by atoms with Gasteiger partial charge < -0.3 is 14.8 Å². The van der Waals surface area contributed by atoms with E-state index in [4.69, 9.17) is 4.74 Å². The van der Waals surface area contributed by atoms with Crippen molar-refractivity contribution in [2.75, 3.05) is 20.2 Å². The minimum atomic E-state index is -0.645. The maximum Gasteiger partial charge on any atom is 0.311 e. The van der Waals surface area contributed by atoms with E-state index in [9.17, 15) is 9.90 Å². The number of carbonyl (C=O) groups excluding carboxylic acids is 1. The number of methoxy groups -OCH3 is 1. The molecule has 0 bridgehead atoms. The molecule has 26 heavy (non-hydrogen) atoms. The first-order valence-electron chi connectivity index (χ1n) is 9.45. The normalized spacial score (nSPS) is 30.9. The molecule has 0 spiro atoms. The van der Waals surface area contributed by atoms with Gasteiger partial charge in [0.25, 0.3) is 0 Å². The second-order valence-electron chi connectivity index (χ2n) is 7.77. The predicted molar refractivity (Wildman–Crippen MR) is 98.6 cm³/mol. The number of aromatic nitrogens is 1. The zero-order valence-corrected chi connectivity index (χ0v) is 14.9. The van der Waals surface area contributed by atoms with E-state index in [1.807, 2.05) is 0 Å². The summed E-state index contributed by atoms with van der Waals surface area (Å²) in [6, 6.07) is 8.75. The van der Waals surface area contributed by atoms with Crippen LogP contribution in [0.1, 0.15) is 30.1 Å². The van der Waals surface area contributed by atoms with Gasteiger partial charge in [0.2, 0.25) is 0 Å². The molecule has 3 aliphatic rings. The summed E-state index contributed by atoms with van der Waals surface area (Å²) in [5.74, 6) is -0.670. The second-order valence-corrected chi connectivity index (χ2v) is 7.77. The molecular formula is C21H24N2O3. The lowest BCUT2D eigenvalue weighted by atomic mass is 9.70. The number of ether oxygens (including phenoxy) is 1. The van der Waals surface area contributed by atoms with E-state index in [0.717, 1.165) is 25.9 Å². The third-order valence-electron chi connectivity index (χ3n) is 6.55. The molecule has 2 N–H and O–H groups in total. The molecule has 0 amide bonds. The minimum absolute atomic E-state index is 0.0600. The first kappa shape index (κ1) is 16.1. The van der Waals surface area contributed by atoms with E-state index in [2.05, 4.69) is 40.2 Å². The van der Waals surface area contributed by atoms with Crippen molar-refractivity contribution in [3.05, 3.63) is 47.2 Å². The van der Waals surface area contributed by atoms with Crippen molar-refractivity contribution in [3.63, 3.8) is 0 Å². The van der Waals surface area contributed by atoms with Gasteiger partial charge in [0, 0.05) is 29.7 Å². The van der Waals surface area contributed by atoms with Gasteiger partial charge in [-0.15, -0.1) is 0 Å². The maximum absolute atomic E-state index is 12.3. The fraction of sp³-hybridized carbons (Fsp3) is 0.476. The highest BCUT2D eigenvalue weighted by atomic mass is 16.5. The second kappa shape index (κ2) is 5.96. The number of nitrogens with zero attached hydrogens (tertiary/aromatic N) is 1. The average molecular weight is 352 g/mol. The van der Waals surface area contributed by atoms with Crippen LogP contribution in [0.15, 0.2) is 35.9 Å². The fourth-order valence-corrected chi connectivity index (χ4v) is 5.31. The van der Waals surface area contributed by atoms with Crippen LogP contribution >= 0.6 is 0 Å². The zero-order valence-electron chi connectivity index (χ0n) is 14.9. The maximum atomic E-state index is 12.3. The number of aliphatic hydroxyl groups is 1. The van der Waals surface area contributed by atoms with Gasteiger partial charge in [-0.05, 0) is 36.8 Å². The molecule has 5 heteroatoms. The van der Waals surface area contributed by atoms with E-state index in [1.165, 1.54) is 34.8 Å². The molecule has 1 aromatic heterocycles. The van der Waals surface area contributed by atoms with Gasteiger partial charge in [0.15, 0.2) is 0 Å². The highest BCUT2D eigenvalue weighted by molar-refractivity contribution is 5.85. The van der Waals surface area contributed by atoms with E-state index in [1.54, 1.807) is 0 Å². The van der Waals surface area contributed by atoms with Gasteiger partial charge in [0.05, 0.1) is 25.2 Å². The Hall–Kier alpha value is -2.11. The van der Waals surface area contributed by atoms with Gasteiger partial charge in [-0.2, -0.15) is 0 Å². The Balaban J connectivity index is 1.55. The van der Waals surface area contributed by atoms with Crippen molar-refractivity contribution in [1.82, 2.24) is 9.88 Å². The quantitative estimate of drug-likeness (QED) is 0.612. The van der Waals surface area contributed by atoms with E-state index >= 15 is 0 Å². The molecule has 1 aromatic carbocycles. The molecule has 0 unspecified atom stereocenters. The van der Waals surface area contributed by atoms with E-state index in [-0.39, 0.29) is 17.9 Å². The number of carbonyl (C=O) groups is 1. The summed E-state index contributed by atoms with van der Waals surface area (Å²) >= 11 is 0. The van der Waals surface area contributed by atoms with Crippen molar-refractivity contribution in [2.24, 2.45) is 11.8 Å². The largest absolute Gasteiger partial charge is 0.469 e. The van der Waals surface area contributed by atoms with Crippen molar-refractivity contribution >= 4 is 16.9 Å². The summed E-state index contributed by atoms with van der Waals surface area (Å²) < 4.78 is 5.02. The monoisotopic (exact) mass is 352 g/mol. The molecule has 0 radical (unpaired) electrons. The molecule has 5 rings (SSSR count). The molecule has 136 valence electrons. The number of aromatic amines is 1. The van der Waals surface area contributed by atoms with Crippen LogP contribution in [0, 0.1) is 11.8 Å². The molecule has 1 fully saturated rings. The molecule has 2 aromatic rings. The lowest BCUT2D eigenvalue weighted by Gasteiger charge is -2.47. The Morgan fingerprint density at radius 3 is 3.04 bits per heavy atom. The minimum Gasteiger partial charge on any atom is -0.469 e. The molecule has 0 saturated carbocycles. The van der Waals surface area contributed by atoms with Gasteiger partial charge in [0.1, 0.15) is 0 Å². The number of aliphatic hydroxyl groups excluding tert-OH is 1. The predicted octanol–water partition coefficient (Wildman–Crippen LogP) is 2.57. The first-order valence-corrected chi connectivity index (χ1v) is 9.45. The number of benzene rings is 1. The standard InChI is InChI=1S/C21H24N2O3/c1-26-21(25)19-15-10-17-20-14(13-4-2-3-5-16(13)22-20)8-9-23(17)11-12(15)6-7-18(19)24/h2-6,15,17-19,22,24H,7-11H2,1H3/t15-,17-,18+,19+/m0/s1. The Morgan fingerprint density at radius 2 is 2.19 bits per heavy atom. The van der Waals surface area contributed by atoms with E-state index in [0.29, 0.717) is 6.42 Å². The van der Waals surface area contributed by atoms with Gasteiger partial charge in [-0.3, -0.25) is 9.69 Å². The Morgan fingerprint density at radius 1 is 1.35 bits per heavy atom. The summed E-state index contributed by atoms with van der Waals surface area (Å²) in [5, 5.41) is 11.8. The number of esters is 1. The molecular weight excluding hydrogens is 328 g/mol. The molecule has 2 aliphatic heterocycles. The Labute approximate surface area is 152 Å². The van der Waals surface area contributed by atoms with Crippen molar-refractivity contribution in [2.45, 2.75) is 31.4 Å². The van der Waals surface area contributed by atoms with Gasteiger partial charge in [-0.25, -0.2) is 0 Å². The summed E-state index contributed by atoms with van der Waals surface area (Å²) in [5.41, 5.74) is 5.19. The van der Waals surface area contributed by atoms with Crippen LogP contribution in [0.4, 0.5) is 0 Å². The van der Waals surface area contributed by atoms with Crippen molar-refractivity contribution < 1.29 is 14.6 Å². The Bertz CT molecular complexity index is 900. The lowest BCUT2D eigenvalue weighted by molar-refractivity contribution is -0.153. The van der Waals surface area contributed by atoms with Crippen LogP contribution in [0.25, 0.3) is 10.9 Å². The number of nitrogens with one attached hydrogen (secondary N) is 1. The number of para-hydroxylation sites is 1. The number of fused-ring (bicyclic) bond motifs is 6. The first-order chi connectivity index (χ1) is 12.7. The molecule has 4 atom stereocenters. The number of rotatable bonds is 1. The highest BCUT2D eigenvalue weighted by Gasteiger charge is 2.46. The summed E-state index contributed by atoms with van der Waals surface area (Å²) in [6.07, 6.45) is 3.95. The van der Waals surface area contributed by atoms with Crippen molar-refractivity contribution in [1.29, 1.82) is 0 Å². The summed E-state index contributed by atoms with van der Waals surface area (Å²) in [6.45, 7) is 1.92. The van der Waals surface area contributed by atoms with Gasteiger partial charge in [-0.1, -0.05) is 29.8 Å². The summed E-state index contributed by atoms with van der Waals surface area (Å²) in [4.78, 5) is 18.5. The summed E-state index contributed by atoms with van der Waals surface area (Å²) in [7, 11) is 1.42. The van der Waals surface area contributed by atoms with Crippen LogP contribution in [-0.2, 0) is 16.0 Å². The number of H-pyrrole nitrogens is 1. The van der Waals surface area contributed by atoms with Crippen molar-refractivity contribution in [3.8, 4) is 0 Å². The number of hydrogen-bond acceptors (Lipinski definition) is 4. The lowest BCUT2D eigenvalue weighted by Crippen LogP contribution is -2.49. The highest BCUT2D eigenvalue weighted by Crippen LogP contribution is 2.47. The van der Waals surface area contributed by atoms with E-state index < -0.39 is 12.0 Å². The SMILES string of the molecule is COC(=O)[C@H]1[C@H](O)CC=C2CN3CCc4c([nH]c5ccccc45)[C@@H]3C[C@@H]21. The third-order valence-corrected chi connectivity index (χ3v) is 6.55.